The second kappa shape index (κ2) is 6.85. The summed E-state index contributed by atoms with van der Waals surface area (Å²) in [6.07, 6.45) is 1.18. The monoisotopic (exact) mass is 328 g/mol. The van der Waals surface area contributed by atoms with E-state index in [0.717, 1.165) is 30.5 Å². The molecule has 116 valence electrons. The molecular weight excluding hydrogens is 308 g/mol. The number of nitrogens with zero attached hydrogens (tertiary/aromatic N) is 2. The predicted octanol–water partition coefficient (Wildman–Crippen LogP) is 1.04. The zero-order valence-corrected chi connectivity index (χ0v) is 13.5. The Labute approximate surface area is 132 Å². The molecule has 6 nitrogen and oxygen atoms in total. The number of ether oxygens (including phenoxy) is 1. The highest BCUT2D eigenvalue weighted by atomic mass is 32.2. The van der Waals surface area contributed by atoms with Crippen LogP contribution in [0.15, 0.2) is 0 Å². The molecule has 1 amide bonds. The lowest BCUT2D eigenvalue weighted by molar-refractivity contribution is 0.0953. The zero-order valence-electron chi connectivity index (χ0n) is 11.8. The van der Waals surface area contributed by atoms with E-state index in [4.69, 9.17) is 10.5 Å². The van der Waals surface area contributed by atoms with Crippen LogP contribution < -0.4 is 16.0 Å². The van der Waals surface area contributed by atoms with Crippen LogP contribution in [0.4, 0.5) is 10.9 Å². The van der Waals surface area contributed by atoms with Crippen molar-refractivity contribution in [2.24, 2.45) is 5.92 Å². The van der Waals surface area contributed by atoms with Gasteiger partial charge in [0.2, 0.25) is 0 Å². The maximum atomic E-state index is 12.2. The highest BCUT2D eigenvalue weighted by Crippen LogP contribution is 2.29. The van der Waals surface area contributed by atoms with E-state index in [2.05, 4.69) is 15.2 Å². The van der Waals surface area contributed by atoms with Gasteiger partial charge >= 0.3 is 0 Å². The van der Waals surface area contributed by atoms with Crippen molar-refractivity contribution in [1.29, 1.82) is 0 Å². The van der Waals surface area contributed by atoms with Gasteiger partial charge in [0.1, 0.15) is 10.7 Å². The first-order valence-corrected chi connectivity index (χ1v) is 9.16. The minimum Gasteiger partial charge on any atom is -0.382 e. The van der Waals surface area contributed by atoms with Crippen LogP contribution >= 0.6 is 23.1 Å². The Morgan fingerprint density at radius 2 is 2.29 bits per heavy atom. The van der Waals surface area contributed by atoms with Gasteiger partial charge in [-0.15, -0.1) is 0 Å². The van der Waals surface area contributed by atoms with Gasteiger partial charge in [0, 0.05) is 19.6 Å². The Bertz CT molecular complexity index is 496. The summed E-state index contributed by atoms with van der Waals surface area (Å²) < 4.78 is 5.32. The van der Waals surface area contributed by atoms with Crippen LogP contribution in [0.25, 0.3) is 0 Å². The summed E-state index contributed by atoms with van der Waals surface area (Å²) in [6, 6.07) is 0. The second-order valence-corrected chi connectivity index (χ2v) is 7.38. The molecule has 2 aliphatic rings. The Kier molecular flexibility index (Phi) is 4.87. The number of nitrogen functional groups attached to an aromatic ring is 1. The highest BCUT2D eigenvalue weighted by molar-refractivity contribution is 7.99. The Morgan fingerprint density at radius 3 is 3.00 bits per heavy atom. The smallest absolute Gasteiger partial charge is 0.265 e. The molecule has 8 heteroatoms. The number of hydrogen-bond acceptors (Lipinski definition) is 7. The van der Waals surface area contributed by atoms with Gasteiger partial charge in [-0.25, -0.2) is 4.98 Å². The standard InChI is InChI=1S/C13H20N4O2S2/c14-11-10(12(18)15-7-9-1-6-20-8-9)21-13(16-11)17-2-4-19-5-3-17/h9H,1-8,14H2,(H,15,18). The Morgan fingerprint density at radius 1 is 1.48 bits per heavy atom. The van der Waals surface area contributed by atoms with Gasteiger partial charge in [0.25, 0.3) is 5.91 Å². The van der Waals surface area contributed by atoms with E-state index < -0.39 is 0 Å². The van der Waals surface area contributed by atoms with Crippen molar-refractivity contribution in [3.63, 3.8) is 0 Å². The van der Waals surface area contributed by atoms with Gasteiger partial charge < -0.3 is 20.7 Å². The van der Waals surface area contributed by atoms with Crippen molar-refractivity contribution in [3.8, 4) is 0 Å². The first kappa shape index (κ1) is 14.9. The number of hydrogen-bond donors (Lipinski definition) is 2. The third-order valence-corrected chi connectivity index (χ3v) is 6.07. The van der Waals surface area contributed by atoms with Crippen LogP contribution in [0.2, 0.25) is 0 Å². The zero-order chi connectivity index (χ0) is 14.7. The molecule has 0 radical (unpaired) electrons. The highest BCUT2D eigenvalue weighted by Gasteiger charge is 2.22. The molecule has 1 aromatic heterocycles. The van der Waals surface area contributed by atoms with Crippen LogP contribution in [-0.4, -0.2) is 55.2 Å². The number of aromatic nitrogens is 1. The van der Waals surface area contributed by atoms with Gasteiger partial charge in [0.05, 0.1) is 13.2 Å². The summed E-state index contributed by atoms with van der Waals surface area (Å²) in [7, 11) is 0. The molecule has 1 atom stereocenters. The number of anilines is 2. The molecule has 1 aromatic rings. The minimum atomic E-state index is -0.0959. The van der Waals surface area contributed by atoms with E-state index in [1.807, 2.05) is 11.8 Å². The van der Waals surface area contributed by atoms with Gasteiger partial charge in [-0.1, -0.05) is 11.3 Å². The van der Waals surface area contributed by atoms with Gasteiger partial charge in [-0.3, -0.25) is 4.79 Å². The van der Waals surface area contributed by atoms with Crippen LogP contribution in [-0.2, 0) is 4.74 Å². The number of thioether (sulfide) groups is 1. The maximum Gasteiger partial charge on any atom is 0.265 e. The number of morpholine rings is 1. The van der Waals surface area contributed by atoms with E-state index in [-0.39, 0.29) is 5.91 Å². The molecule has 0 spiro atoms. The van der Waals surface area contributed by atoms with Crippen LogP contribution in [0.1, 0.15) is 16.1 Å². The molecule has 2 aliphatic heterocycles. The molecule has 21 heavy (non-hydrogen) atoms. The summed E-state index contributed by atoms with van der Waals surface area (Å²) in [5.74, 6) is 3.16. The van der Waals surface area contributed by atoms with Crippen LogP contribution in [0.3, 0.4) is 0 Å². The first-order chi connectivity index (χ1) is 10.2. The van der Waals surface area contributed by atoms with E-state index >= 15 is 0 Å². The second-order valence-electron chi connectivity index (χ2n) is 5.25. The fourth-order valence-electron chi connectivity index (χ4n) is 2.43. The first-order valence-electron chi connectivity index (χ1n) is 7.19. The SMILES string of the molecule is Nc1nc(N2CCOCC2)sc1C(=O)NCC1CCSC1. The fraction of sp³-hybridized carbons (Fsp3) is 0.692. The number of nitrogens with one attached hydrogen (secondary N) is 1. The van der Waals surface area contributed by atoms with Crippen molar-refractivity contribution in [3.05, 3.63) is 4.88 Å². The van der Waals surface area contributed by atoms with E-state index in [1.165, 1.54) is 23.5 Å². The molecule has 0 saturated carbocycles. The number of thiazole rings is 1. The van der Waals surface area contributed by atoms with Crippen molar-refractivity contribution >= 4 is 40.0 Å². The number of amides is 1. The maximum absolute atomic E-state index is 12.2. The van der Waals surface area contributed by atoms with Gasteiger partial charge in [-0.05, 0) is 23.8 Å². The summed E-state index contributed by atoms with van der Waals surface area (Å²) >= 11 is 3.33. The molecule has 2 saturated heterocycles. The summed E-state index contributed by atoms with van der Waals surface area (Å²) in [6.45, 7) is 3.72. The Hall–Kier alpha value is -0.990. The number of nitrogens with two attached hydrogens (primary N) is 1. The normalized spacial score (nSPS) is 22.5. The van der Waals surface area contributed by atoms with Crippen LogP contribution in [0, 0.1) is 5.92 Å². The summed E-state index contributed by atoms with van der Waals surface area (Å²) in [5.41, 5.74) is 5.91. The van der Waals surface area contributed by atoms with Crippen molar-refractivity contribution in [2.75, 3.05) is 55.0 Å². The lowest BCUT2D eigenvalue weighted by Gasteiger charge is -2.25. The molecule has 0 bridgehead atoms. The topological polar surface area (TPSA) is 80.5 Å². The molecule has 3 rings (SSSR count). The number of carbonyl (C=O) groups is 1. The number of rotatable bonds is 4. The molecule has 1 unspecified atom stereocenters. The van der Waals surface area contributed by atoms with Crippen molar-refractivity contribution in [1.82, 2.24) is 10.3 Å². The molecule has 3 heterocycles. The lowest BCUT2D eigenvalue weighted by Crippen LogP contribution is -2.36. The Balaban J connectivity index is 1.61. The minimum absolute atomic E-state index is 0.0959. The summed E-state index contributed by atoms with van der Waals surface area (Å²) in [4.78, 5) is 19.2. The largest absolute Gasteiger partial charge is 0.382 e. The van der Waals surface area contributed by atoms with Crippen LogP contribution in [0.5, 0.6) is 0 Å². The van der Waals surface area contributed by atoms with E-state index in [0.29, 0.717) is 29.8 Å². The fourth-order valence-corrected chi connectivity index (χ4v) is 4.67. The molecule has 0 aliphatic carbocycles. The number of carbonyl (C=O) groups excluding carboxylic acids is 1. The molecular formula is C13H20N4O2S2. The summed E-state index contributed by atoms with van der Waals surface area (Å²) in [5, 5.41) is 3.81. The average Bonchev–Trinajstić information content (AvgIpc) is 3.15. The quantitative estimate of drug-likeness (QED) is 0.860. The van der Waals surface area contributed by atoms with Gasteiger partial charge in [0.15, 0.2) is 5.13 Å². The van der Waals surface area contributed by atoms with Gasteiger partial charge in [-0.2, -0.15) is 11.8 Å². The molecule has 3 N–H and O–H groups in total. The predicted molar refractivity (Wildman–Crippen MR) is 87.3 cm³/mol. The average molecular weight is 328 g/mol. The lowest BCUT2D eigenvalue weighted by atomic mass is 10.1. The molecule has 0 aromatic carbocycles. The van der Waals surface area contributed by atoms with E-state index in [9.17, 15) is 4.79 Å². The third kappa shape index (κ3) is 3.61. The van der Waals surface area contributed by atoms with E-state index in [1.54, 1.807) is 0 Å². The van der Waals surface area contributed by atoms with Crippen molar-refractivity contribution < 1.29 is 9.53 Å². The third-order valence-electron chi connectivity index (χ3n) is 3.71. The molecule has 2 fully saturated rings. The van der Waals surface area contributed by atoms with Crippen molar-refractivity contribution in [2.45, 2.75) is 6.42 Å².